The zero-order chi connectivity index (χ0) is 13.7. The molecule has 0 saturated heterocycles. The van der Waals surface area contributed by atoms with Gasteiger partial charge in [0, 0.05) is 25.1 Å². The van der Waals surface area contributed by atoms with Gasteiger partial charge in [-0.3, -0.25) is 4.79 Å². The molecule has 1 fully saturated rings. The van der Waals surface area contributed by atoms with Gasteiger partial charge in [0.25, 0.3) is 0 Å². The molecule has 0 atom stereocenters. The van der Waals surface area contributed by atoms with Crippen LogP contribution in [0.15, 0.2) is 24.3 Å². The third-order valence-electron chi connectivity index (χ3n) is 3.56. The Morgan fingerprint density at radius 2 is 1.89 bits per heavy atom. The van der Waals surface area contributed by atoms with Gasteiger partial charge in [-0.2, -0.15) is 0 Å². The molecule has 0 unspecified atom stereocenters. The second kappa shape index (κ2) is 6.36. The number of hydrogen-bond acceptors (Lipinski definition) is 4. The van der Waals surface area contributed by atoms with Gasteiger partial charge in [-0.1, -0.05) is 0 Å². The number of nitrogens with one attached hydrogen (secondary N) is 1. The number of benzene rings is 1. The largest absolute Gasteiger partial charge is 0.465 e. The van der Waals surface area contributed by atoms with Crippen LogP contribution in [0.4, 0.5) is 5.69 Å². The number of carbonyl (C=O) groups is 2. The number of anilines is 1. The van der Waals surface area contributed by atoms with Crippen molar-refractivity contribution in [2.45, 2.75) is 25.7 Å². The molecular weight excluding hydrogens is 242 g/mol. The minimum Gasteiger partial charge on any atom is -0.465 e. The Morgan fingerprint density at radius 3 is 2.47 bits per heavy atom. The van der Waals surface area contributed by atoms with Crippen LogP contribution in [0.3, 0.4) is 0 Å². The number of methoxy groups -OCH3 is 1. The van der Waals surface area contributed by atoms with Crippen LogP contribution >= 0.6 is 0 Å². The maximum Gasteiger partial charge on any atom is 0.337 e. The van der Waals surface area contributed by atoms with E-state index in [9.17, 15) is 9.59 Å². The zero-order valence-electron chi connectivity index (χ0n) is 11.1. The smallest absolute Gasteiger partial charge is 0.337 e. The number of esters is 1. The van der Waals surface area contributed by atoms with Crippen LogP contribution in [0.25, 0.3) is 0 Å². The average molecular weight is 261 g/mol. The van der Waals surface area contributed by atoms with Gasteiger partial charge in [0.05, 0.1) is 12.7 Å². The monoisotopic (exact) mass is 261 g/mol. The van der Waals surface area contributed by atoms with Gasteiger partial charge in [-0.25, -0.2) is 4.79 Å². The van der Waals surface area contributed by atoms with E-state index < -0.39 is 0 Å². The highest BCUT2D eigenvalue weighted by Gasteiger charge is 2.18. The summed E-state index contributed by atoms with van der Waals surface area (Å²) in [6, 6.07) is 7.25. The van der Waals surface area contributed by atoms with E-state index in [2.05, 4.69) is 10.1 Å². The van der Waals surface area contributed by atoms with Gasteiger partial charge >= 0.3 is 5.97 Å². The third-order valence-corrected chi connectivity index (χ3v) is 3.56. The molecule has 0 spiro atoms. The minimum atomic E-state index is -0.322. The van der Waals surface area contributed by atoms with Crippen molar-refractivity contribution >= 4 is 17.4 Å². The molecule has 1 aliphatic carbocycles. The highest BCUT2D eigenvalue weighted by Crippen LogP contribution is 2.22. The fraction of sp³-hybridized carbons (Fsp3) is 0.467. The van der Waals surface area contributed by atoms with Gasteiger partial charge in [0.15, 0.2) is 0 Å². The van der Waals surface area contributed by atoms with Crippen LogP contribution in [0, 0.1) is 5.92 Å². The summed E-state index contributed by atoms with van der Waals surface area (Å²) in [5.74, 6) is 0.633. The lowest BCUT2D eigenvalue weighted by molar-refractivity contribution is -0.120. The quantitative estimate of drug-likeness (QED) is 0.846. The van der Waals surface area contributed by atoms with Gasteiger partial charge in [-0.05, 0) is 43.0 Å². The van der Waals surface area contributed by atoms with Crippen LogP contribution in [0.1, 0.15) is 36.0 Å². The van der Waals surface area contributed by atoms with Crippen molar-refractivity contribution in [2.75, 3.05) is 19.0 Å². The van der Waals surface area contributed by atoms with Gasteiger partial charge in [0.2, 0.25) is 0 Å². The summed E-state index contributed by atoms with van der Waals surface area (Å²) in [6.45, 7) is 0.880. The van der Waals surface area contributed by atoms with Gasteiger partial charge < -0.3 is 10.1 Å². The zero-order valence-corrected chi connectivity index (χ0v) is 11.1. The van der Waals surface area contributed by atoms with Crippen LogP contribution in [-0.2, 0) is 9.53 Å². The number of hydrogen-bond donors (Lipinski definition) is 1. The third kappa shape index (κ3) is 3.81. The summed E-state index contributed by atoms with van der Waals surface area (Å²) < 4.78 is 4.65. The van der Waals surface area contributed by atoms with E-state index in [-0.39, 0.29) is 5.97 Å². The Labute approximate surface area is 113 Å². The second-order valence-electron chi connectivity index (χ2n) is 4.93. The number of ether oxygens (including phenoxy) is 1. The fourth-order valence-corrected chi connectivity index (χ4v) is 2.31. The summed E-state index contributed by atoms with van der Waals surface area (Å²) in [6.07, 6.45) is 3.39. The van der Waals surface area contributed by atoms with E-state index in [0.717, 1.165) is 25.1 Å². The molecule has 0 aliphatic heterocycles. The molecule has 102 valence electrons. The lowest BCUT2D eigenvalue weighted by Gasteiger charge is -2.21. The molecule has 1 saturated carbocycles. The van der Waals surface area contributed by atoms with Crippen molar-refractivity contribution in [3.63, 3.8) is 0 Å². The molecule has 0 aromatic heterocycles. The standard InChI is InChI=1S/C15H19NO3/c1-19-15(18)12-4-6-13(7-5-12)16-10-11-2-8-14(17)9-3-11/h4-7,11,16H,2-3,8-10H2,1H3. The molecule has 0 radical (unpaired) electrons. The molecule has 4 nitrogen and oxygen atoms in total. The second-order valence-corrected chi connectivity index (χ2v) is 4.93. The highest BCUT2D eigenvalue weighted by molar-refractivity contribution is 5.89. The van der Waals surface area contributed by atoms with E-state index in [4.69, 9.17) is 0 Å². The Morgan fingerprint density at radius 1 is 1.26 bits per heavy atom. The first-order chi connectivity index (χ1) is 9.19. The van der Waals surface area contributed by atoms with Gasteiger partial charge in [-0.15, -0.1) is 0 Å². The van der Waals surface area contributed by atoms with Crippen molar-refractivity contribution in [3.05, 3.63) is 29.8 Å². The Kier molecular flexibility index (Phi) is 4.55. The fourth-order valence-electron chi connectivity index (χ4n) is 2.31. The number of carbonyl (C=O) groups excluding carboxylic acids is 2. The van der Waals surface area contributed by atoms with Crippen LogP contribution in [0.2, 0.25) is 0 Å². The SMILES string of the molecule is COC(=O)c1ccc(NCC2CCC(=O)CC2)cc1. The summed E-state index contributed by atoms with van der Waals surface area (Å²) in [7, 11) is 1.37. The predicted molar refractivity (Wildman–Crippen MR) is 73.2 cm³/mol. The van der Waals surface area contributed by atoms with Crippen molar-refractivity contribution in [1.82, 2.24) is 0 Å². The summed E-state index contributed by atoms with van der Waals surface area (Å²) in [4.78, 5) is 22.4. The molecule has 19 heavy (non-hydrogen) atoms. The lowest BCUT2D eigenvalue weighted by Crippen LogP contribution is -2.21. The van der Waals surface area contributed by atoms with E-state index in [1.807, 2.05) is 12.1 Å². The van der Waals surface area contributed by atoms with Crippen molar-refractivity contribution in [3.8, 4) is 0 Å². The van der Waals surface area contributed by atoms with Crippen LogP contribution in [0.5, 0.6) is 0 Å². The maximum atomic E-state index is 11.3. The molecule has 2 rings (SSSR count). The molecule has 0 bridgehead atoms. The molecule has 1 aromatic rings. The van der Waals surface area contributed by atoms with E-state index in [1.54, 1.807) is 12.1 Å². The maximum absolute atomic E-state index is 11.3. The van der Waals surface area contributed by atoms with E-state index >= 15 is 0 Å². The Hall–Kier alpha value is -1.84. The Balaban J connectivity index is 1.83. The first-order valence-corrected chi connectivity index (χ1v) is 6.63. The molecular formula is C15H19NO3. The van der Waals surface area contributed by atoms with Crippen LogP contribution < -0.4 is 5.32 Å². The average Bonchev–Trinajstić information content (AvgIpc) is 2.46. The number of rotatable bonds is 4. The normalized spacial score (nSPS) is 16.2. The summed E-state index contributed by atoms with van der Waals surface area (Å²) >= 11 is 0. The van der Waals surface area contributed by atoms with E-state index in [1.165, 1.54) is 7.11 Å². The molecule has 0 amide bonds. The van der Waals surface area contributed by atoms with Crippen molar-refractivity contribution in [2.24, 2.45) is 5.92 Å². The molecule has 0 heterocycles. The topological polar surface area (TPSA) is 55.4 Å². The van der Waals surface area contributed by atoms with Crippen LogP contribution in [-0.4, -0.2) is 25.4 Å². The minimum absolute atomic E-state index is 0.322. The lowest BCUT2D eigenvalue weighted by atomic mass is 9.88. The number of Topliss-reactive ketones (excluding diaryl/α,β-unsaturated/α-hetero) is 1. The van der Waals surface area contributed by atoms with Crippen molar-refractivity contribution < 1.29 is 14.3 Å². The molecule has 4 heteroatoms. The molecule has 1 aliphatic rings. The summed E-state index contributed by atoms with van der Waals surface area (Å²) in [5.41, 5.74) is 1.54. The first-order valence-electron chi connectivity index (χ1n) is 6.63. The number of ketones is 1. The Bertz CT molecular complexity index is 443. The van der Waals surface area contributed by atoms with Gasteiger partial charge in [0.1, 0.15) is 5.78 Å². The molecule has 1 aromatic carbocycles. The van der Waals surface area contributed by atoms with E-state index in [0.29, 0.717) is 30.1 Å². The highest BCUT2D eigenvalue weighted by atomic mass is 16.5. The predicted octanol–water partition coefficient (Wildman–Crippen LogP) is 2.64. The summed E-state index contributed by atoms with van der Waals surface area (Å²) in [5, 5.41) is 3.35. The molecule has 1 N–H and O–H groups in total. The first kappa shape index (κ1) is 13.6. The van der Waals surface area contributed by atoms with Crippen molar-refractivity contribution in [1.29, 1.82) is 0 Å².